The normalized spacial score (nSPS) is 17.0. The molecule has 1 amide bonds. The van der Waals surface area contributed by atoms with Crippen LogP contribution >= 0.6 is 23.2 Å². The molecule has 0 unspecified atom stereocenters. The number of piperidine rings is 1. The zero-order valence-corrected chi connectivity index (χ0v) is 21.4. The number of anilines is 1. The van der Waals surface area contributed by atoms with Crippen molar-refractivity contribution in [1.29, 1.82) is 0 Å². The number of amides is 1. The topological polar surface area (TPSA) is 69.7 Å². The van der Waals surface area contributed by atoms with Gasteiger partial charge in [0.25, 0.3) is 0 Å². The summed E-state index contributed by atoms with van der Waals surface area (Å²) in [6.45, 7) is 7.13. The van der Waals surface area contributed by atoms with Gasteiger partial charge in [0.2, 0.25) is 15.9 Å². The lowest BCUT2D eigenvalue weighted by molar-refractivity contribution is -0.126. The molecule has 6 nitrogen and oxygen atoms in total. The first-order valence-corrected chi connectivity index (χ1v) is 13.6. The molecule has 1 saturated heterocycles. The van der Waals surface area contributed by atoms with Crippen molar-refractivity contribution in [2.45, 2.75) is 39.0 Å². The summed E-state index contributed by atoms with van der Waals surface area (Å²) < 4.78 is 27.4. The van der Waals surface area contributed by atoms with Gasteiger partial charge < -0.3 is 10.2 Å². The maximum absolute atomic E-state index is 13.0. The van der Waals surface area contributed by atoms with Crippen molar-refractivity contribution in [2.24, 2.45) is 5.92 Å². The number of nitrogens with zero attached hydrogens (tertiary/aromatic N) is 2. The Labute approximate surface area is 206 Å². The van der Waals surface area contributed by atoms with Gasteiger partial charge in [-0.1, -0.05) is 41.4 Å². The first-order valence-electron chi connectivity index (χ1n) is 11.3. The molecule has 3 rings (SSSR count). The van der Waals surface area contributed by atoms with Crippen LogP contribution in [0.25, 0.3) is 0 Å². The summed E-state index contributed by atoms with van der Waals surface area (Å²) in [5.41, 5.74) is 2.67. The van der Waals surface area contributed by atoms with E-state index < -0.39 is 10.0 Å². The van der Waals surface area contributed by atoms with Crippen molar-refractivity contribution in [1.82, 2.24) is 9.62 Å². The van der Waals surface area contributed by atoms with E-state index in [0.29, 0.717) is 41.5 Å². The zero-order valence-electron chi connectivity index (χ0n) is 19.1. The fraction of sp³-hybridized carbons (Fsp3) is 0.458. The third kappa shape index (κ3) is 6.85. The first-order chi connectivity index (χ1) is 15.7. The van der Waals surface area contributed by atoms with Crippen molar-refractivity contribution in [3.63, 3.8) is 0 Å². The number of halogens is 2. The maximum atomic E-state index is 13.0. The molecule has 0 radical (unpaired) electrons. The molecule has 1 aliphatic rings. The number of carbonyl (C=O) groups excluding carboxylic acids is 1. The number of hydrogen-bond acceptors (Lipinski definition) is 4. The van der Waals surface area contributed by atoms with E-state index in [1.165, 1.54) is 10.4 Å². The van der Waals surface area contributed by atoms with Crippen LogP contribution in [0.15, 0.2) is 42.5 Å². The Hall–Kier alpha value is -1.80. The van der Waals surface area contributed by atoms with Crippen LogP contribution in [-0.2, 0) is 27.1 Å². The predicted molar refractivity (Wildman–Crippen MR) is 135 cm³/mol. The highest BCUT2D eigenvalue weighted by atomic mass is 35.5. The van der Waals surface area contributed by atoms with Gasteiger partial charge in [0.1, 0.15) is 0 Å². The fourth-order valence-electron chi connectivity index (χ4n) is 4.08. The van der Waals surface area contributed by atoms with E-state index in [1.54, 1.807) is 12.1 Å². The Morgan fingerprint density at radius 1 is 1.12 bits per heavy atom. The molecule has 1 N–H and O–H groups in total. The van der Waals surface area contributed by atoms with Crippen molar-refractivity contribution >= 4 is 44.8 Å². The van der Waals surface area contributed by atoms with Gasteiger partial charge in [0.15, 0.2) is 0 Å². The molecule has 0 saturated carbocycles. The fourth-order valence-corrected chi connectivity index (χ4v) is 6.28. The van der Waals surface area contributed by atoms with Crippen LogP contribution in [0.1, 0.15) is 37.8 Å². The monoisotopic (exact) mass is 511 g/mol. The minimum absolute atomic E-state index is 0.118. The molecule has 33 heavy (non-hydrogen) atoms. The van der Waals surface area contributed by atoms with Crippen LogP contribution in [0, 0.1) is 5.92 Å². The second-order valence-electron chi connectivity index (χ2n) is 8.25. The summed E-state index contributed by atoms with van der Waals surface area (Å²) in [6.07, 6.45) is 1.31. The number of carbonyl (C=O) groups is 1. The Bertz CT molecular complexity index is 1060. The average Bonchev–Trinajstić information content (AvgIpc) is 2.81. The predicted octanol–water partition coefficient (Wildman–Crippen LogP) is 4.70. The van der Waals surface area contributed by atoms with Crippen LogP contribution in [0.4, 0.5) is 5.69 Å². The SMILES string of the molecule is CCN(CC)c1ccc(CNC(=O)[C@@H]2CCCN(S(=O)(=O)Cc3ccc(Cl)cc3Cl)C2)cc1. The smallest absolute Gasteiger partial charge is 0.224 e. The quantitative estimate of drug-likeness (QED) is 0.529. The molecular formula is C24H31Cl2N3O3S. The summed E-state index contributed by atoms with van der Waals surface area (Å²) in [5, 5.41) is 3.75. The van der Waals surface area contributed by atoms with Gasteiger partial charge in [-0.2, -0.15) is 0 Å². The number of sulfonamides is 1. The minimum atomic E-state index is -3.60. The highest BCUT2D eigenvalue weighted by Gasteiger charge is 2.32. The molecule has 1 aliphatic heterocycles. The Morgan fingerprint density at radius 2 is 1.82 bits per heavy atom. The van der Waals surface area contributed by atoms with E-state index in [2.05, 4.69) is 36.2 Å². The van der Waals surface area contributed by atoms with E-state index in [4.69, 9.17) is 23.2 Å². The molecule has 9 heteroatoms. The largest absolute Gasteiger partial charge is 0.372 e. The molecule has 180 valence electrons. The van der Waals surface area contributed by atoms with Crippen LogP contribution in [0.2, 0.25) is 10.0 Å². The molecule has 1 heterocycles. The van der Waals surface area contributed by atoms with Crippen LogP contribution in [0.3, 0.4) is 0 Å². The Kier molecular flexibility index (Phi) is 9.04. The summed E-state index contributed by atoms with van der Waals surface area (Å²) in [5.74, 6) is -0.702. The second-order valence-corrected chi connectivity index (χ2v) is 11.1. The Morgan fingerprint density at radius 3 is 2.45 bits per heavy atom. The van der Waals surface area contributed by atoms with E-state index in [1.807, 2.05) is 12.1 Å². The molecule has 0 aliphatic carbocycles. The summed E-state index contributed by atoms with van der Waals surface area (Å²) in [7, 11) is -3.60. The van der Waals surface area contributed by atoms with Gasteiger partial charge in [0.05, 0.1) is 11.7 Å². The lowest BCUT2D eigenvalue weighted by Crippen LogP contribution is -2.45. The molecule has 0 spiro atoms. The van der Waals surface area contributed by atoms with Gasteiger partial charge in [-0.15, -0.1) is 0 Å². The standard InChI is InChI=1S/C24H31Cl2N3O3S/c1-3-28(4-2)22-11-7-18(8-12-22)15-27-24(30)19-6-5-13-29(16-19)33(31,32)17-20-9-10-21(25)14-23(20)26/h7-12,14,19H,3-6,13,15-17H2,1-2H3,(H,27,30)/t19-/m1/s1. The van der Waals surface area contributed by atoms with Crippen molar-refractivity contribution < 1.29 is 13.2 Å². The molecule has 0 bridgehead atoms. The van der Waals surface area contributed by atoms with E-state index in [0.717, 1.165) is 24.3 Å². The molecule has 2 aromatic rings. The molecule has 0 aromatic heterocycles. The van der Waals surface area contributed by atoms with Gasteiger partial charge >= 0.3 is 0 Å². The highest BCUT2D eigenvalue weighted by molar-refractivity contribution is 7.88. The van der Waals surface area contributed by atoms with Crippen molar-refractivity contribution in [3.05, 3.63) is 63.6 Å². The summed E-state index contributed by atoms with van der Waals surface area (Å²) in [6, 6.07) is 12.9. The lowest BCUT2D eigenvalue weighted by atomic mass is 9.98. The summed E-state index contributed by atoms with van der Waals surface area (Å²) in [4.78, 5) is 15.0. The summed E-state index contributed by atoms with van der Waals surface area (Å²) >= 11 is 12.1. The van der Waals surface area contributed by atoms with Crippen LogP contribution < -0.4 is 10.2 Å². The number of benzene rings is 2. The minimum Gasteiger partial charge on any atom is -0.372 e. The third-order valence-corrected chi connectivity index (χ3v) is 8.41. The molecular weight excluding hydrogens is 481 g/mol. The van der Waals surface area contributed by atoms with Gasteiger partial charge in [-0.25, -0.2) is 12.7 Å². The Balaban J connectivity index is 1.57. The van der Waals surface area contributed by atoms with Gasteiger partial charge in [-0.05, 0) is 62.1 Å². The van der Waals surface area contributed by atoms with E-state index >= 15 is 0 Å². The third-order valence-electron chi connectivity index (χ3n) is 6.03. The molecule has 1 atom stereocenters. The maximum Gasteiger partial charge on any atom is 0.224 e. The van der Waals surface area contributed by atoms with Crippen LogP contribution in [0.5, 0.6) is 0 Å². The first kappa shape index (κ1) is 25.8. The van der Waals surface area contributed by atoms with Gasteiger partial charge in [0, 0.05) is 48.5 Å². The highest BCUT2D eigenvalue weighted by Crippen LogP contribution is 2.26. The van der Waals surface area contributed by atoms with Crippen LogP contribution in [-0.4, -0.2) is 44.8 Å². The zero-order chi connectivity index (χ0) is 24.0. The van der Waals surface area contributed by atoms with E-state index in [9.17, 15) is 13.2 Å². The number of rotatable bonds is 9. The number of nitrogens with one attached hydrogen (secondary N) is 1. The average molecular weight is 513 g/mol. The second kappa shape index (κ2) is 11.6. The van der Waals surface area contributed by atoms with Crippen molar-refractivity contribution in [3.8, 4) is 0 Å². The van der Waals surface area contributed by atoms with Gasteiger partial charge in [-0.3, -0.25) is 4.79 Å². The van der Waals surface area contributed by atoms with E-state index in [-0.39, 0.29) is 24.1 Å². The van der Waals surface area contributed by atoms with Crippen molar-refractivity contribution in [2.75, 3.05) is 31.1 Å². The number of hydrogen-bond donors (Lipinski definition) is 1. The molecule has 1 fully saturated rings. The lowest BCUT2D eigenvalue weighted by Gasteiger charge is -2.31. The molecule has 2 aromatic carbocycles.